The van der Waals surface area contributed by atoms with Crippen molar-refractivity contribution < 1.29 is 0 Å². The van der Waals surface area contributed by atoms with E-state index >= 15 is 0 Å². The summed E-state index contributed by atoms with van der Waals surface area (Å²) in [4.78, 5) is 0. The molecule has 0 atom stereocenters. The maximum Gasteiger partial charge on any atom is 0.0991 e. The minimum Gasteiger partial charge on any atom is -0.192 e. The Morgan fingerprint density at radius 1 is 0.957 bits per heavy atom. The van der Waals surface area contributed by atoms with Gasteiger partial charge >= 0.3 is 0 Å². The Morgan fingerprint density at radius 3 is 2.22 bits per heavy atom. The third-order valence-electron chi connectivity index (χ3n) is 5.41. The fourth-order valence-corrected chi connectivity index (χ4v) is 3.82. The zero-order valence-corrected chi connectivity index (χ0v) is 14.5. The molecule has 0 unspecified atom stereocenters. The number of hydrogen-bond acceptors (Lipinski definition) is 1. The van der Waals surface area contributed by atoms with Gasteiger partial charge in [-0.2, -0.15) is 5.26 Å². The summed E-state index contributed by atoms with van der Waals surface area (Å²) in [5, 5.41) is 8.84. The van der Waals surface area contributed by atoms with E-state index < -0.39 is 0 Å². The van der Waals surface area contributed by atoms with E-state index in [0.29, 0.717) is 0 Å². The van der Waals surface area contributed by atoms with Crippen LogP contribution in [-0.4, -0.2) is 0 Å². The number of rotatable bonds is 9. The van der Waals surface area contributed by atoms with Crippen LogP contribution in [0, 0.1) is 23.2 Å². The molecular weight excluding hydrogens is 278 g/mol. The summed E-state index contributed by atoms with van der Waals surface area (Å²) in [5.41, 5.74) is 2.15. The monoisotopic (exact) mass is 309 g/mol. The van der Waals surface area contributed by atoms with Crippen LogP contribution in [0.25, 0.3) is 0 Å². The van der Waals surface area contributed by atoms with E-state index in [1.54, 1.807) is 0 Å². The molecule has 1 aromatic carbocycles. The molecule has 0 aromatic heterocycles. The zero-order chi connectivity index (χ0) is 16.3. The lowest BCUT2D eigenvalue weighted by Gasteiger charge is -2.28. The van der Waals surface area contributed by atoms with E-state index in [0.717, 1.165) is 17.4 Å². The summed E-state index contributed by atoms with van der Waals surface area (Å²) in [7, 11) is 0. The molecule has 124 valence electrons. The molecule has 1 saturated carbocycles. The molecule has 23 heavy (non-hydrogen) atoms. The summed E-state index contributed by atoms with van der Waals surface area (Å²) in [6.45, 7) is 3.79. The van der Waals surface area contributed by atoms with Gasteiger partial charge in [0.1, 0.15) is 0 Å². The number of unbranched alkanes of at least 4 members (excludes halogenated alkanes) is 3. The van der Waals surface area contributed by atoms with Crippen molar-refractivity contribution >= 4 is 0 Å². The highest BCUT2D eigenvalue weighted by Crippen LogP contribution is 2.34. The molecular formula is C22H31N. The Bertz CT molecular complexity index is 486. The van der Waals surface area contributed by atoms with Gasteiger partial charge in [-0.25, -0.2) is 0 Å². The lowest BCUT2D eigenvalue weighted by molar-refractivity contribution is 0.249. The molecule has 0 saturated heterocycles. The van der Waals surface area contributed by atoms with Crippen LogP contribution in [0.4, 0.5) is 0 Å². The molecule has 1 aromatic rings. The predicted molar refractivity (Wildman–Crippen MR) is 98.2 cm³/mol. The van der Waals surface area contributed by atoms with Crippen molar-refractivity contribution in [2.45, 2.75) is 70.6 Å². The van der Waals surface area contributed by atoms with Crippen molar-refractivity contribution in [2.24, 2.45) is 11.8 Å². The molecule has 1 fully saturated rings. The first-order valence-electron chi connectivity index (χ1n) is 9.41. The van der Waals surface area contributed by atoms with Crippen LogP contribution in [0.3, 0.4) is 0 Å². The standard InChI is InChI=1S/C22H31N/c1-2-3-4-5-6-7-19-8-10-20(11-9-19)12-13-21-14-16-22(18-23)17-15-21/h2,14-17,19-20H,1,3-13H2/t19-,20-. The molecule has 1 aliphatic rings. The average molecular weight is 309 g/mol. The van der Waals surface area contributed by atoms with E-state index in [2.05, 4.69) is 24.8 Å². The van der Waals surface area contributed by atoms with Gasteiger partial charge in [0.25, 0.3) is 0 Å². The van der Waals surface area contributed by atoms with E-state index in [-0.39, 0.29) is 0 Å². The first-order chi connectivity index (χ1) is 11.3. The number of hydrogen-bond donors (Lipinski definition) is 0. The highest BCUT2D eigenvalue weighted by Gasteiger charge is 2.20. The fraction of sp³-hybridized carbons (Fsp3) is 0.591. The van der Waals surface area contributed by atoms with Crippen molar-refractivity contribution in [2.75, 3.05) is 0 Å². The first kappa shape index (κ1) is 17.8. The van der Waals surface area contributed by atoms with Gasteiger partial charge in [-0.1, -0.05) is 63.2 Å². The zero-order valence-electron chi connectivity index (χ0n) is 14.5. The van der Waals surface area contributed by atoms with E-state index in [1.165, 1.54) is 76.2 Å². The van der Waals surface area contributed by atoms with Gasteiger partial charge in [-0.15, -0.1) is 6.58 Å². The molecule has 0 amide bonds. The molecule has 0 bridgehead atoms. The normalized spacial score (nSPS) is 20.8. The van der Waals surface area contributed by atoms with Gasteiger partial charge in [0.2, 0.25) is 0 Å². The summed E-state index contributed by atoms with van der Waals surface area (Å²) >= 11 is 0. The number of benzene rings is 1. The number of allylic oxidation sites excluding steroid dienone is 1. The van der Waals surface area contributed by atoms with Gasteiger partial charge < -0.3 is 0 Å². The van der Waals surface area contributed by atoms with Gasteiger partial charge in [0, 0.05) is 0 Å². The van der Waals surface area contributed by atoms with E-state index in [1.807, 2.05) is 18.2 Å². The van der Waals surface area contributed by atoms with Crippen molar-refractivity contribution in [3.63, 3.8) is 0 Å². The molecule has 1 aliphatic carbocycles. The molecule has 1 nitrogen and oxygen atoms in total. The highest BCUT2D eigenvalue weighted by molar-refractivity contribution is 5.31. The summed E-state index contributed by atoms with van der Waals surface area (Å²) in [5.74, 6) is 1.91. The lowest BCUT2D eigenvalue weighted by atomic mass is 9.77. The van der Waals surface area contributed by atoms with E-state index in [9.17, 15) is 0 Å². The van der Waals surface area contributed by atoms with Crippen molar-refractivity contribution in [3.05, 3.63) is 48.0 Å². The molecule has 0 radical (unpaired) electrons. The minimum atomic E-state index is 0.766. The second kappa shape index (κ2) is 10.3. The summed E-state index contributed by atoms with van der Waals surface area (Å²) in [6, 6.07) is 10.3. The lowest BCUT2D eigenvalue weighted by Crippen LogP contribution is -2.15. The predicted octanol–water partition coefficient (Wildman–Crippen LogP) is 6.43. The Kier molecular flexibility index (Phi) is 7.95. The Hall–Kier alpha value is -1.55. The second-order valence-electron chi connectivity index (χ2n) is 7.16. The average Bonchev–Trinajstić information content (AvgIpc) is 2.61. The largest absolute Gasteiger partial charge is 0.192 e. The molecule has 2 rings (SSSR count). The van der Waals surface area contributed by atoms with Crippen molar-refractivity contribution in [1.82, 2.24) is 0 Å². The smallest absolute Gasteiger partial charge is 0.0991 e. The van der Waals surface area contributed by atoms with Crippen LogP contribution in [0.2, 0.25) is 0 Å². The van der Waals surface area contributed by atoms with Gasteiger partial charge in [-0.05, 0) is 55.2 Å². The molecule has 0 spiro atoms. The van der Waals surface area contributed by atoms with Crippen molar-refractivity contribution in [3.8, 4) is 6.07 Å². The van der Waals surface area contributed by atoms with Crippen LogP contribution in [0.15, 0.2) is 36.9 Å². The third kappa shape index (κ3) is 6.61. The quantitative estimate of drug-likeness (QED) is 0.380. The van der Waals surface area contributed by atoms with Crippen LogP contribution >= 0.6 is 0 Å². The SMILES string of the molecule is C=CCCCCC[C@H]1CC[C@H](CCc2ccc(C#N)cc2)CC1. The van der Waals surface area contributed by atoms with Crippen LogP contribution in [-0.2, 0) is 6.42 Å². The third-order valence-corrected chi connectivity index (χ3v) is 5.41. The van der Waals surface area contributed by atoms with Crippen LogP contribution < -0.4 is 0 Å². The topological polar surface area (TPSA) is 23.8 Å². The molecule has 0 N–H and O–H groups in total. The van der Waals surface area contributed by atoms with Gasteiger partial charge in [0.15, 0.2) is 0 Å². The Morgan fingerprint density at radius 2 is 1.61 bits per heavy atom. The fourth-order valence-electron chi connectivity index (χ4n) is 3.82. The van der Waals surface area contributed by atoms with Crippen molar-refractivity contribution in [1.29, 1.82) is 5.26 Å². The Labute approximate surface area is 142 Å². The maximum atomic E-state index is 8.84. The number of nitriles is 1. The summed E-state index contributed by atoms with van der Waals surface area (Å²) < 4.78 is 0. The van der Waals surface area contributed by atoms with Gasteiger partial charge in [-0.3, -0.25) is 0 Å². The minimum absolute atomic E-state index is 0.766. The maximum absolute atomic E-state index is 8.84. The van der Waals surface area contributed by atoms with E-state index in [4.69, 9.17) is 5.26 Å². The number of aryl methyl sites for hydroxylation is 1. The molecule has 0 heterocycles. The number of nitrogens with zero attached hydrogens (tertiary/aromatic N) is 1. The Balaban J connectivity index is 1.59. The molecule has 1 heteroatoms. The first-order valence-corrected chi connectivity index (χ1v) is 9.41. The van der Waals surface area contributed by atoms with Gasteiger partial charge in [0.05, 0.1) is 11.6 Å². The van der Waals surface area contributed by atoms with Crippen LogP contribution in [0.5, 0.6) is 0 Å². The second-order valence-corrected chi connectivity index (χ2v) is 7.16. The summed E-state index contributed by atoms with van der Waals surface area (Å²) in [6.07, 6.45) is 17.0. The highest BCUT2D eigenvalue weighted by atomic mass is 14.3. The molecule has 0 aliphatic heterocycles. The van der Waals surface area contributed by atoms with Crippen LogP contribution in [0.1, 0.15) is 75.3 Å².